The largest absolute Gasteiger partial charge is 0.370 e. The molecule has 0 aliphatic carbocycles. The number of rotatable bonds is 7. The van der Waals surface area contributed by atoms with Crippen molar-refractivity contribution in [3.05, 3.63) is 30.2 Å². The fraction of sp³-hybridized carbons (Fsp3) is 0.429. The van der Waals surface area contributed by atoms with E-state index in [1.807, 2.05) is 18.2 Å². The van der Waals surface area contributed by atoms with Gasteiger partial charge in [0.05, 0.1) is 0 Å². The maximum absolute atomic E-state index is 5.74. The Kier molecular flexibility index (Phi) is 5.69. The lowest BCUT2D eigenvalue weighted by Crippen LogP contribution is -2.33. The number of nitrogens with one attached hydrogen (secondary N) is 1. The quantitative estimate of drug-likeness (QED) is 0.453. The maximum Gasteiger partial charge on any atom is 0.276 e. The first-order chi connectivity index (χ1) is 10.3. The van der Waals surface area contributed by atoms with Gasteiger partial charge in [-0.25, -0.2) is 0 Å². The van der Waals surface area contributed by atoms with Crippen LogP contribution >= 0.6 is 0 Å². The van der Waals surface area contributed by atoms with Crippen molar-refractivity contribution >= 4 is 5.96 Å². The molecule has 0 saturated heterocycles. The third-order valence-corrected chi connectivity index (χ3v) is 2.80. The van der Waals surface area contributed by atoms with Crippen molar-refractivity contribution in [1.29, 1.82) is 0 Å². The molecule has 2 aromatic rings. The summed E-state index contributed by atoms with van der Waals surface area (Å²) < 4.78 is 5.17. The first-order valence-corrected chi connectivity index (χ1v) is 7.07. The normalized spacial score (nSPS) is 11.6. The first-order valence-electron chi connectivity index (χ1n) is 7.07. The summed E-state index contributed by atoms with van der Waals surface area (Å²) in [6, 6.07) is 5.54. The van der Waals surface area contributed by atoms with Gasteiger partial charge < -0.3 is 15.6 Å². The first kappa shape index (κ1) is 15.0. The molecule has 0 atom stereocenters. The highest BCUT2D eigenvalue weighted by atomic mass is 16.5. The Morgan fingerprint density at radius 3 is 3.10 bits per heavy atom. The van der Waals surface area contributed by atoms with Gasteiger partial charge in [-0.05, 0) is 18.6 Å². The minimum atomic E-state index is 0.426. The molecule has 7 heteroatoms. The van der Waals surface area contributed by atoms with Crippen LogP contribution in [-0.2, 0) is 6.42 Å². The van der Waals surface area contributed by atoms with Gasteiger partial charge in [0.25, 0.3) is 5.89 Å². The monoisotopic (exact) mass is 288 g/mol. The number of unbranched alkanes of at least 4 members (excludes halogenated alkanes) is 1. The lowest BCUT2D eigenvalue weighted by Gasteiger charge is -2.02. The van der Waals surface area contributed by atoms with Gasteiger partial charge >= 0.3 is 0 Å². The zero-order valence-corrected chi connectivity index (χ0v) is 12.1. The van der Waals surface area contributed by atoms with Crippen molar-refractivity contribution in [2.45, 2.75) is 26.2 Å². The van der Waals surface area contributed by atoms with Crippen molar-refractivity contribution in [1.82, 2.24) is 20.4 Å². The van der Waals surface area contributed by atoms with E-state index in [1.165, 1.54) is 0 Å². The third-order valence-electron chi connectivity index (χ3n) is 2.80. The van der Waals surface area contributed by atoms with E-state index in [0.717, 1.165) is 19.4 Å². The highest BCUT2D eigenvalue weighted by molar-refractivity contribution is 5.77. The Morgan fingerprint density at radius 2 is 2.33 bits per heavy atom. The standard InChI is InChI=1S/C14H20N6O/c1-2-3-8-17-14(15)18-10-7-12-19-13(21-20-12)11-6-4-5-9-16-11/h4-6,9H,2-3,7-8,10H2,1H3,(H3,15,17,18). The van der Waals surface area contributed by atoms with Gasteiger partial charge in [-0.1, -0.05) is 24.6 Å². The highest BCUT2D eigenvalue weighted by Crippen LogP contribution is 2.12. The highest BCUT2D eigenvalue weighted by Gasteiger charge is 2.09. The number of pyridine rings is 1. The zero-order chi connectivity index (χ0) is 14.9. The van der Waals surface area contributed by atoms with E-state index in [4.69, 9.17) is 10.3 Å². The SMILES string of the molecule is CCCCN=C(N)NCCc1noc(-c2ccccn2)n1. The molecule has 3 N–H and O–H groups in total. The molecule has 112 valence electrons. The second-order valence-electron chi connectivity index (χ2n) is 4.53. The van der Waals surface area contributed by atoms with E-state index in [1.54, 1.807) is 6.20 Å². The predicted molar refractivity (Wildman–Crippen MR) is 80.6 cm³/mol. The fourth-order valence-corrected chi connectivity index (χ4v) is 1.66. The Balaban J connectivity index is 1.80. The van der Waals surface area contributed by atoms with Crippen LogP contribution < -0.4 is 11.1 Å². The molecule has 2 rings (SSSR count). The van der Waals surface area contributed by atoms with Crippen LogP contribution in [0.15, 0.2) is 33.9 Å². The Labute approximate surface area is 123 Å². The Bertz CT molecular complexity index is 566. The average molecular weight is 288 g/mol. The molecule has 0 fully saturated rings. The molecule has 0 amide bonds. The molecule has 0 radical (unpaired) electrons. The van der Waals surface area contributed by atoms with Gasteiger partial charge in [0.15, 0.2) is 11.8 Å². The van der Waals surface area contributed by atoms with E-state index in [0.29, 0.717) is 36.3 Å². The molecule has 0 aliphatic heterocycles. The van der Waals surface area contributed by atoms with Crippen LogP contribution in [0.5, 0.6) is 0 Å². The smallest absolute Gasteiger partial charge is 0.276 e. The number of aliphatic imine (C=N–C) groups is 1. The van der Waals surface area contributed by atoms with Crippen LogP contribution in [0, 0.1) is 0 Å². The molecular formula is C14H20N6O. The van der Waals surface area contributed by atoms with Crippen LogP contribution in [-0.4, -0.2) is 34.2 Å². The summed E-state index contributed by atoms with van der Waals surface area (Å²) in [6.45, 7) is 3.48. The lowest BCUT2D eigenvalue weighted by atomic mass is 10.3. The molecule has 2 aromatic heterocycles. The third kappa shape index (κ3) is 4.87. The summed E-state index contributed by atoms with van der Waals surface area (Å²) in [7, 11) is 0. The molecule has 0 aliphatic rings. The summed E-state index contributed by atoms with van der Waals surface area (Å²) in [5, 5.41) is 6.95. The van der Waals surface area contributed by atoms with Crippen LogP contribution in [0.4, 0.5) is 0 Å². The average Bonchev–Trinajstić information content (AvgIpc) is 2.97. The Morgan fingerprint density at radius 1 is 1.43 bits per heavy atom. The summed E-state index contributed by atoms with van der Waals surface area (Å²) in [5.74, 6) is 1.50. The fourth-order valence-electron chi connectivity index (χ4n) is 1.66. The Hall–Kier alpha value is -2.44. The van der Waals surface area contributed by atoms with Gasteiger partial charge in [-0.3, -0.25) is 9.98 Å². The van der Waals surface area contributed by atoms with E-state index < -0.39 is 0 Å². The minimum absolute atomic E-state index is 0.426. The number of hydrogen-bond donors (Lipinski definition) is 2. The van der Waals surface area contributed by atoms with Crippen molar-refractivity contribution < 1.29 is 4.52 Å². The summed E-state index contributed by atoms with van der Waals surface area (Å²) in [4.78, 5) is 12.7. The molecule has 0 spiro atoms. The number of aromatic nitrogens is 3. The van der Waals surface area contributed by atoms with Gasteiger partial charge in [0, 0.05) is 25.7 Å². The van der Waals surface area contributed by atoms with E-state index in [-0.39, 0.29) is 0 Å². The van der Waals surface area contributed by atoms with Crippen molar-refractivity contribution in [3.8, 4) is 11.6 Å². The van der Waals surface area contributed by atoms with Crippen LogP contribution in [0.3, 0.4) is 0 Å². The summed E-state index contributed by atoms with van der Waals surface area (Å²) >= 11 is 0. The van der Waals surface area contributed by atoms with Gasteiger partial charge in [-0.2, -0.15) is 4.98 Å². The number of guanidine groups is 1. The minimum Gasteiger partial charge on any atom is -0.370 e. The molecule has 0 unspecified atom stereocenters. The van der Waals surface area contributed by atoms with E-state index in [2.05, 4.69) is 32.4 Å². The molecule has 2 heterocycles. The number of nitrogens with zero attached hydrogens (tertiary/aromatic N) is 4. The summed E-state index contributed by atoms with van der Waals surface area (Å²) in [5.41, 5.74) is 6.41. The topological polar surface area (TPSA) is 102 Å². The van der Waals surface area contributed by atoms with Gasteiger partial charge in [0.1, 0.15) is 5.69 Å². The second kappa shape index (κ2) is 7.98. The molecule has 0 saturated carbocycles. The van der Waals surface area contributed by atoms with Crippen LogP contribution in [0.25, 0.3) is 11.6 Å². The van der Waals surface area contributed by atoms with Gasteiger partial charge in [-0.15, -0.1) is 0 Å². The molecular weight excluding hydrogens is 268 g/mol. The van der Waals surface area contributed by atoms with Gasteiger partial charge in [0.2, 0.25) is 0 Å². The summed E-state index contributed by atoms with van der Waals surface area (Å²) in [6.07, 6.45) is 4.45. The number of hydrogen-bond acceptors (Lipinski definition) is 5. The lowest BCUT2D eigenvalue weighted by molar-refractivity contribution is 0.421. The molecule has 0 bridgehead atoms. The molecule has 21 heavy (non-hydrogen) atoms. The number of nitrogens with two attached hydrogens (primary N) is 1. The van der Waals surface area contributed by atoms with E-state index >= 15 is 0 Å². The van der Waals surface area contributed by atoms with E-state index in [9.17, 15) is 0 Å². The zero-order valence-electron chi connectivity index (χ0n) is 12.1. The maximum atomic E-state index is 5.74. The second-order valence-corrected chi connectivity index (χ2v) is 4.53. The predicted octanol–water partition coefficient (Wildman–Crippen LogP) is 1.38. The van der Waals surface area contributed by atoms with Crippen molar-refractivity contribution in [2.24, 2.45) is 10.7 Å². The molecule has 0 aromatic carbocycles. The van der Waals surface area contributed by atoms with Crippen molar-refractivity contribution in [2.75, 3.05) is 13.1 Å². The molecule has 7 nitrogen and oxygen atoms in total. The van der Waals surface area contributed by atoms with Crippen molar-refractivity contribution in [3.63, 3.8) is 0 Å². The van der Waals surface area contributed by atoms with Crippen LogP contribution in [0.2, 0.25) is 0 Å². The van der Waals surface area contributed by atoms with Crippen LogP contribution in [0.1, 0.15) is 25.6 Å².